The number of hydrogen-bond donors (Lipinski definition) is 2. The average molecular weight is 270 g/mol. The molecule has 4 heteroatoms. The van der Waals surface area contributed by atoms with Crippen LogP contribution in [0.5, 0.6) is 5.75 Å². The second kappa shape index (κ2) is 6.02. The van der Waals surface area contributed by atoms with Crippen LogP contribution in [-0.2, 0) is 4.79 Å². The Labute approximate surface area is 117 Å². The number of hydrogen-bond acceptors (Lipinski definition) is 2. The molecule has 2 N–H and O–H groups in total. The van der Waals surface area contributed by atoms with Gasteiger partial charge in [-0.3, -0.25) is 0 Å². The highest BCUT2D eigenvalue weighted by atomic mass is 16.4. The maximum atomic E-state index is 10.9. The van der Waals surface area contributed by atoms with E-state index in [4.69, 9.17) is 5.11 Å². The summed E-state index contributed by atoms with van der Waals surface area (Å²) >= 11 is 0. The van der Waals surface area contributed by atoms with Gasteiger partial charge in [-0.15, -0.1) is 0 Å². The van der Waals surface area contributed by atoms with E-state index in [0.29, 0.717) is 0 Å². The molecule has 0 spiro atoms. The van der Waals surface area contributed by atoms with Crippen LogP contribution in [0.25, 0.3) is 12.2 Å². The second-order valence-electron chi connectivity index (χ2n) is 4.52. The van der Waals surface area contributed by atoms with E-state index in [1.807, 2.05) is 30.4 Å². The van der Waals surface area contributed by atoms with E-state index < -0.39 is 12.0 Å². The number of carbonyl (C=O) groups is 1. The Morgan fingerprint density at radius 3 is 2.40 bits per heavy atom. The third-order valence-corrected chi connectivity index (χ3v) is 3.02. The van der Waals surface area contributed by atoms with Crippen molar-refractivity contribution in [2.75, 3.05) is 0 Å². The van der Waals surface area contributed by atoms with E-state index in [1.54, 1.807) is 42.1 Å². The van der Waals surface area contributed by atoms with E-state index >= 15 is 0 Å². The van der Waals surface area contributed by atoms with Crippen LogP contribution in [0.3, 0.4) is 0 Å². The Hall–Kier alpha value is -2.62. The van der Waals surface area contributed by atoms with Gasteiger partial charge in [-0.05, 0) is 23.3 Å². The van der Waals surface area contributed by atoms with Gasteiger partial charge in [0.2, 0.25) is 0 Å². The van der Waals surface area contributed by atoms with Crippen molar-refractivity contribution in [3.05, 3.63) is 59.9 Å². The van der Waals surface area contributed by atoms with Crippen molar-refractivity contribution < 1.29 is 19.6 Å². The Balaban J connectivity index is 2.13. The molecule has 0 saturated heterocycles. The van der Waals surface area contributed by atoms with Gasteiger partial charge >= 0.3 is 5.97 Å². The van der Waals surface area contributed by atoms with Gasteiger partial charge in [0.25, 0.3) is 6.04 Å². The SMILES string of the molecule is CC(C(=O)O)[n+]1ccc(/C=C/c2cccc(O)c2)cc1. The Kier molecular flexibility index (Phi) is 4.15. The largest absolute Gasteiger partial charge is 0.508 e. The van der Waals surface area contributed by atoms with Crippen LogP contribution in [0.15, 0.2) is 48.8 Å². The molecule has 1 aromatic carbocycles. The molecule has 1 aromatic heterocycles. The average Bonchev–Trinajstić information content (AvgIpc) is 2.45. The smallest absolute Gasteiger partial charge is 0.373 e. The minimum absolute atomic E-state index is 0.230. The van der Waals surface area contributed by atoms with Crippen molar-refractivity contribution in [1.82, 2.24) is 0 Å². The summed E-state index contributed by atoms with van der Waals surface area (Å²) in [4.78, 5) is 10.9. The molecule has 2 rings (SSSR count). The monoisotopic (exact) mass is 270 g/mol. The maximum Gasteiger partial charge on any atom is 0.373 e. The number of aliphatic carboxylic acids is 1. The maximum absolute atomic E-state index is 10.9. The molecule has 0 aliphatic carbocycles. The first-order chi connectivity index (χ1) is 9.56. The fraction of sp³-hybridized carbons (Fsp3) is 0.125. The number of aromatic hydroxyl groups is 1. The Bertz CT molecular complexity index is 632. The van der Waals surface area contributed by atoms with Crippen molar-refractivity contribution in [2.45, 2.75) is 13.0 Å². The first kappa shape index (κ1) is 13.8. The summed E-state index contributed by atoms with van der Waals surface area (Å²) in [6.07, 6.45) is 7.27. The van der Waals surface area contributed by atoms with Gasteiger partial charge in [0.1, 0.15) is 5.75 Å². The van der Waals surface area contributed by atoms with Crippen molar-refractivity contribution in [1.29, 1.82) is 0 Å². The predicted molar refractivity (Wildman–Crippen MR) is 76.0 cm³/mol. The quantitative estimate of drug-likeness (QED) is 0.839. The minimum atomic E-state index is -0.863. The molecule has 0 radical (unpaired) electrons. The first-order valence-corrected chi connectivity index (χ1v) is 6.27. The minimum Gasteiger partial charge on any atom is -0.508 e. The molecule has 1 unspecified atom stereocenters. The molecule has 0 aliphatic rings. The molecule has 0 bridgehead atoms. The molecule has 2 aromatic rings. The van der Waals surface area contributed by atoms with E-state index in [0.717, 1.165) is 11.1 Å². The van der Waals surface area contributed by atoms with Crippen molar-refractivity contribution in [2.24, 2.45) is 0 Å². The van der Waals surface area contributed by atoms with Crippen LogP contribution >= 0.6 is 0 Å². The van der Waals surface area contributed by atoms with Crippen LogP contribution in [0, 0.1) is 0 Å². The molecule has 0 amide bonds. The molecule has 0 saturated carbocycles. The van der Waals surface area contributed by atoms with Gasteiger partial charge in [-0.25, -0.2) is 4.79 Å². The number of phenolic OH excluding ortho intramolecular Hbond substituents is 1. The molecular weight excluding hydrogens is 254 g/mol. The summed E-state index contributed by atoms with van der Waals surface area (Å²) < 4.78 is 1.63. The normalized spacial score (nSPS) is 12.4. The third kappa shape index (κ3) is 3.45. The van der Waals surface area contributed by atoms with Crippen molar-refractivity contribution >= 4 is 18.1 Å². The van der Waals surface area contributed by atoms with Gasteiger partial charge in [0.15, 0.2) is 12.4 Å². The zero-order valence-corrected chi connectivity index (χ0v) is 11.1. The summed E-state index contributed by atoms with van der Waals surface area (Å²) in [6, 6.07) is 10.1. The molecule has 102 valence electrons. The third-order valence-electron chi connectivity index (χ3n) is 3.02. The fourth-order valence-corrected chi connectivity index (χ4v) is 1.77. The lowest BCUT2D eigenvalue weighted by molar-refractivity contribution is -0.707. The summed E-state index contributed by atoms with van der Waals surface area (Å²) in [5, 5.41) is 18.3. The van der Waals surface area contributed by atoms with Crippen LogP contribution in [0.4, 0.5) is 0 Å². The number of carboxylic acid groups (broad SMARTS) is 1. The molecule has 20 heavy (non-hydrogen) atoms. The zero-order chi connectivity index (χ0) is 14.5. The number of benzene rings is 1. The number of rotatable bonds is 4. The van der Waals surface area contributed by atoms with Crippen LogP contribution in [-0.4, -0.2) is 16.2 Å². The van der Waals surface area contributed by atoms with Crippen LogP contribution in [0.1, 0.15) is 24.1 Å². The standard InChI is InChI=1S/C16H15NO3/c1-12(16(19)20)17-9-7-13(8-10-17)5-6-14-3-2-4-15(18)11-14/h2-12H,1H3,(H-,18,19,20)/p+1/b6-5+. The lowest BCUT2D eigenvalue weighted by atomic mass is 10.1. The summed E-state index contributed by atoms with van der Waals surface area (Å²) in [7, 11) is 0. The van der Waals surface area contributed by atoms with Crippen molar-refractivity contribution in [3.8, 4) is 5.75 Å². The molecule has 0 aliphatic heterocycles. The van der Waals surface area contributed by atoms with E-state index in [9.17, 15) is 9.90 Å². The van der Waals surface area contributed by atoms with Gasteiger partial charge in [0.05, 0.1) is 0 Å². The highest BCUT2D eigenvalue weighted by Gasteiger charge is 2.19. The van der Waals surface area contributed by atoms with Gasteiger partial charge in [0, 0.05) is 19.1 Å². The first-order valence-electron chi connectivity index (χ1n) is 6.27. The summed E-state index contributed by atoms with van der Waals surface area (Å²) in [5.74, 6) is -0.633. The molecule has 0 fully saturated rings. The van der Waals surface area contributed by atoms with Gasteiger partial charge < -0.3 is 10.2 Å². The van der Waals surface area contributed by atoms with Crippen LogP contribution in [0.2, 0.25) is 0 Å². The number of phenols is 1. The number of pyridine rings is 1. The fourth-order valence-electron chi connectivity index (χ4n) is 1.77. The second-order valence-corrected chi connectivity index (χ2v) is 4.52. The molecule has 1 heterocycles. The molecular formula is C16H16NO3+. The lowest BCUT2D eigenvalue weighted by Crippen LogP contribution is -2.41. The molecule has 4 nitrogen and oxygen atoms in total. The summed E-state index contributed by atoms with van der Waals surface area (Å²) in [6.45, 7) is 1.63. The Morgan fingerprint density at radius 2 is 1.80 bits per heavy atom. The highest BCUT2D eigenvalue weighted by molar-refractivity contribution is 5.70. The zero-order valence-electron chi connectivity index (χ0n) is 11.1. The number of aromatic nitrogens is 1. The number of nitrogens with zero attached hydrogens (tertiary/aromatic N) is 1. The molecule has 1 atom stereocenters. The van der Waals surface area contributed by atoms with Crippen molar-refractivity contribution in [3.63, 3.8) is 0 Å². The van der Waals surface area contributed by atoms with E-state index in [1.165, 1.54) is 0 Å². The lowest BCUT2D eigenvalue weighted by Gasteiger charge is -2.01. The van der Waals surface area contributed by atoms with E-state index in [2.05, 4.69) is 0 Å². The number of carboxylic acids is 1. The van der Waals surface area contributed by atoms with Gasteiger partial charge in [-0.2, -0.15) is 4.57 Å². The van der Waals surface area contributed by atoms with E-state index in [-0.39, 0.29) is 5.75 Å². The van der Waals surface area contributed by atoms with Gasteiger partial charge in [-0.1, -0.05) is 24.3 Å². The topological polar surface area (TPSA) is 61.4 Å². The van der Waals surface area contributed by atoms with Crippen LogP contribution < -0.4 is 4.57 Å². The summed E-state index contributed by atoms with van der Waals surface area (Å²) in [5.41, 5.74) is 1.86. The predicted octanol–water partition coefficient (Wildman–Crippen LogP) is 2.50. The Morgan fingerprint density at radius 1 is 1.15 bits per heavy atom. The highest BCUT2D eigenvalue weighted by Crippen LogP contribution is 2.13.